The van der Waals surface area contributed by atoms with Crippen LogP contribution >= 0.6 is 0 Å². The molecule has 5 unspecified atom stereocenters. The van der Waals surface area contributed by atoms with Crippen LogP contribution in [-0.2, 0) is 0 Å². The van der Waals surface area contributed by atoms with E-state index in [1.165, 1.54) is 38.5 Å². The van der Waals surface area contributed by atoms with Crippen molar-refractivity contribution in [2.45, 2.75) is 93.9 Å². The van der Waals surface area contributed by atoms with Crippen molar-refractivity contribution in [1.29, 1.82) is 0 Å². The molecule has 0 saturated heterocycles. The van der Waals surface area contributed by atoms with Gasteiger partial charge in [0.05, 0.1) is 0 Å². The molecule has 25 heavy (non-hydrogen) atoms. The van der Waals surface area contributed by atoms with Crippen LogP contribution in [0.1, 0.15) is 93.9 Å². The number of hydrogen-bond donors (Lipinski definition) is 1. The van der Waals surface area contributed by atoms with E-state index in [9.17, 15) is 0 Å². The van der Waals surface area contributed by atoms with Gasteiger partial charge in [-0.15, -0.1) is 0 Å². The lowest BCUT2D eigenvalue weighted by Crippen LogP contribution is -2.36. The summed E-state index contributed by atoms with van der Waals surface area (Å²) in [5.41, 5.74) is 7.07. The van der Waals surface area contributed by atoms with Crippen molar-refractivity contribution in [2.75, 3.05) is 6.54 Å². The van der Waals surface area contributed by atoms with Gasteiger partial charge >= 0.3 is 0 Å². The normalized spacial score (nSPS) is 35.0. The molecule has 5 atom stereocenters. The molecule has 0 aromatic carbocycles. The molecule has 0 radical (unpaired) electrons. The molecule has 1 rings (SSSR count). The van der Waals surface area contributed by atoms with E-state index in [4.69, 9.17) is 5.73 Å². The van der Waals surface area contributed by atoms with Gasteiger partial charge in [0.15, 0.2) is 0 Å². The summed E-state index contributed by atoms with van der Waals surface area (Å²) in [5.74, 6) is 3.57. The van der Waals surface area contributed by atoms with E-state index in [0.717, 1.165) is 24.3 Å². The summed E-state index contributed by atoms with van der Waals surface area (Å²) in [5, 5.41) is 0. The molecular weight excluding hydrogens is 302 g/mol. The molecule has 148 valence electrons. The highest BCUT2D eigenvalue weighted by atomic mass is 14.6. The molecule has 0 bridgehead atoms. The average Bonchev–Trinajstić information content (AvgIpc) is 2.54. The Labute approximate surface area is 159 Å². The molecule has 1 heteroatoms. The molecule has 1 aliphatic carbocycles. The zero-order valence-electron chi connectivity index (χ0n) is 18.6. The molecule has 2 N–H and O–H groups in total. The topological polar surface area (TPSA) is 26.0 Å². The second-order valence-corrected chi connectivity index (χ2v) is 10.4. The van der Waals surface area contributed by atoms with Gasteiger partial charge in [0, 0.05) is 0 Å². The van der Waals surface area contributed by atoms with Crippen LogP contribution in [0.3, 0.4) is 0 Å². The van der Waals surface area contributed by atoms with Crippen molar-refractivity contribution < 1.29 is 0 Å². The predicted octanol–water partition coefficient (Wildman–Crippen LogP) is 7.07. The minimum absolute atomic E-state index is 0.295. The van der Waals surface area contributed by atoms with Gasteiger partial charge in [0.25, 0.3) is 0 Å². The number of hydrogen-bond acceptors (Lipinski definition) is 1. The van der Waals surface area contributed by atoms with E-state index in [1.807, 2.05) is 0 Å². The molecule has 1 aliphatic rings. The third-order valence-electron chi connectivity index (χ3n) is 7.37. The van der Waals surface area contributed by atoms with Crippen LogP contribution in [0.2, 0.25) is 0 Å². The molecule has 0 spiro atoms. The zero-order valence-corrected chi connectivity index (χ0v) is 18.6. The van der Waals surface area contributed by atoms with Gasteiger partial charge in [0.1, 0.15) is 0 Å². The maximum Gasteiger partial charge on any atom is -0.00431 e. The Morgan fingerprint density at radius 2 is 1.80 bits per heavy atom. The molecular formula is C24H47N. The molecule has 0 aromatic heterocycles. The summed E-state index contributed by atoms with van der Waals surface area (Å²) in [6, 6.07) is 0. The number of nitrogens with two attached hydrogens (primary N) is 1. The first-order valence-corrected chi connectivity index (χ1v) is 11.0. The van der Waals surface area contributed by atoms with Crippen LogP contribution < -0.4 is 5.73 Å². The minimum Gasteiger partial charge on any atom is -0.330 e. The van der Waals surface area contributed by atoms with Gasteiger partial charge in [-0.05, 0) is 72.6 Å². The van der Waals surface area contributed by atoms with Gasteiger partial charge in [-0.3, -0.25) is 0 Å². The van der Waals surface area contributed by atoms with E-state index >= 15 is 0 Å². The fourth-order valence-corrected chi connectivity index (χ4v) is 5.03. The van der Waals surface area contributed by atoms with Gasteiger partial charge in [-0.25, -0.2) is 0 Å². The van der Waals surface area contributed by atoms with Crippen molar-refractivity contribution in [3.8, 4) is 0 Å². The van der Waals surface area contributed by atoms with E-state index in [1.54, 1.807) is 0 Å². The van der Waals surface area contributed by atoms with Gasteiger partial charge < -0.3 is 5.73 Å². The lowest BCUT2D eigenvalue weighted by molar-refractivity contribution is 0.105. The van der Waals surface area contributed by atoms with Crippen LogP contribution in [0.5, 0.6) is 0 Å². The van der Waals surface area contributed by atoms with Crippen LogP contribution in [-0.4, -0.2) is 6.54 Å². The summed E-state index contributed by atoms with van der Waals surface area (Å²) < 4.78 is 0. The third-order valence-corrected chi connectivity index (χ3v) is 7.37. The first-order chi connectivity index (χ1) is 11.6. The summed E-state index contributed by atoms with van der Waals surface area (Å²) in [6.45, 7) is 20.2. The van der Waals surface area contributed by atoms with E-state index in [2.05, 4.69) is 67.5 Å². The van der Waals surface area contributed by atoms with Crippen LogP contribution in [0, 0.1) is 40.4 Å². The Morgan fingerprint density at radius 1 is 1.16 bits per heavy atom. The average molecular weight is 350 g/mol. The highest BCUT2D eigenvalue weighted by Gasteiger charge is 2.35. The lowest BCUT2D eigenvalue weighted by Gasteiger charge is -2.41. The fraction of sp³-hybridized carbons (Fsp3) is 0.917. The zero-order chi connectivity index (χ0) is 19.3. The van der Waals surface area contributed by atoms with Gasteiger partial charge in [-0.1, -0.05) is 80.4 Å². The Bertz CT molecular complexity index is 406. The molecule has 0 aliphatic heterocycles. The Morgan fingerprint density at radius 3 is 2.32 bits per heavy atom. The number of allylic oxidation sites excluding steroid dienone is 2. The fourth-order valence-electron chi connectivity index (χ4n) is 5.03. The summed E-state index contributed by atoms with van der Waals surface area (Å²) in [6.07, 6.45) is 12.8. The Balaban J connectivity index is 3.18. The largest absolute Gasteiger partial charge is 0.330 e. The van der Waals surface area contributed by atoms with Crippen molar-refractivity contribution in [1.82, 2.24) is 0 Å². The highest BCUT2D eigenvalue weighted by molar-refractivity contribution is 5.02. The summed E-state index contributed by atoms with van der Waals surface area (Å²) >= 11 is 0. The van der Waals surface area contributed by atoms with Crippen molar-refractivity contribution in [2.24, 2.45) is 46.2 Å². The van der Waals surface area contributed by atoms with Crippen LogP contribution in [0.15, 0.2) is 12.2 Å². The lowest BCUT2D eigenvalue weighted by atomic mass is 9.64. The monoisotopic (exact) mass is 349 g/mol. The van der Waals surface area contributed by atoms with Crippen LogP contribution in [0.25, 0.3) is 0 Å². The molecule has 0 heterocycles. The van der Waals surface area contributed by atoms with E-state index < -0.39 is 0 Å². The molecule has 1 saturated carbocycles. The molecule has 0 aromatic rings. The second-order valence-electron chi connectivity index (χ2n) is 10.4. The summed E-state index contributed by atoms with van der Waals surface area (Å²) in [4.78, 5) is 0. The van der Waals surface area contributed by atoms with Crippen molar-refractivity contribution in [3.05, 3.63) is 12.2 Å². The SMILES string of the molecule is CCC1C(C)C(C)CC(C)(C)CCCC(CN)C1/C=C/C(C)(C)CC. The Hall–Kier alpha value is -0.300. The predicted molar refractivity (Wildman–Crippen MR) is 114 cm³/mol. The van der Waals surface area contributed by atoms with Gasteiger partial charge in [0.2, 0.25) is 0 Å². The van der Waals surface area contributed by atoms with E-state index in [0.29, 0.717) is 22.7 Å². The first kappa shape index (κ1) is 22.7. The van der Waals surface area contributed by atoms with E-state index in [-0.39, 0.29) is 0 Å². The van der Waals surface area contributed by atoms with Gasteiger partial charge in [-0.2, -0.15) is 0 Å². The van der Waals surface area contributed by atoms with Crippen molar-refractivity contribution in [3.63, 3.8) is 0 Å². The maximum absolute atomic E-state index is 6.31. The quantitative estimate of drug-likeness (QED) is 0.528. The first-order valence-electron chi connectivity index (χ1n) is 11.0. The second kappa shape index (κ2) is 9.58. The minimum atomic E-state index is 0.295. The smallest absolute Gasteiger partial charge is 0.00431 e. The molecule has 0 amide bonds. The van der Waals surface area contributed by atoms with Crippen molar-refractivity contribution >= 4 is 0 Å². The summed E-state index contributed by atoms with van der Waals surface area (Å²) in [7, 11) is 0. The number of rotatable bonds is 5. The standard InChI is InChI=1S/C24H47N/c1-9-21-19(4)18(3)16-24(7,8)14-11-12-20(17-25)22(21)13-15-23(5,6)10-2/h13,15,18-22H,9-12,14,16-17,25H2,1-8H3/b15-13+. The third kappa shape index (κ3) is 6.74. The molecule has 1 nitrogen and oxygen atoms in total. The Kier molecular flexibility index (Phi) is 8.72. The highest BCUT2D eigenvalue weighted by Crippen LogP contribution is 2.44. The van der Waals surface area contributed by atoms with Crippen LogP contribution in [0.4, 0.5) is 0 Å². The molecule has 1 fully saturated rings. The maximum atomic E-state index is 6.31.